The molecule has 3 aromatic carbocycles. The highest BCUT2D eigenvalue weighted by molar-refractivity contribution is 6.36. The molecule has 7 heteroatoms. The van der Waals surface area contributed by atoms with Crippen LogP contribution >= 0.6 is 23.2 Å². The van der Waals surface area contributed by atoms with Crippen molar-refractivity contribution in [3.8, 4) is 17.2 Å². The maximum absolute atomic E-state index is 12.6. The molecule has 0 spiro atoms. The Morgan fingerprint density at radius 3 is 2.73 bits per heavy atom. The summed E-state index contributed by atoms with van der Waals surface area (Å²) in [5, 5.41) is 3.73. The predicted octanol–water partition coefficient (Wildman–Crippen LogP) is 7.33. The number of halogens is 2. The van der Waals surface area contributed by atoms with Crippen LogP contribution in [-0.2, 0) is 11.2 Å². The second-order valence-corrected chi connectivity index (χ2v) is 8.38. The van der Waals surface area contributed by atoms with Crippen molar-refractivity contribution in [1.29, 1.82) is 0 Å². The number of fused-ring (bicyclic) bond motifs is 1. The van der Waals surface area contributed by atoms with Crippen molar-refractivity contribution in [3.63, 3.8) is 0 Å². The Hall–Kier alpha value is -3.28. The Morgan fingerprint density at radius 1 is 1.15 bits per heavy atom. The van der Waals surface area contributed by atoms with Gasteiger partial charge in [-0.25, -0.2) is 4.98 Å². The topological polar surface area (TPSA) is 64.4 Å². The summed E-state index contributed by atoms with van der Waals surface area (Å²) in [6.45, 7) is 4.02. The van der Waals surface area contributed by atoms with Crippen LogP contribution in [0.25, 0.3) is 28.6 Å². The van der Waals surface area contributed by atoms with E-state index in [0.717, 1.165) is 28.6 Å². The second-order valence-electron chi connectivity index (χ2n) is 7.54. The van der Waals surface area contributed by atoms with E-state index in [2.05, 4.69) is 17.2 Å². The van der Waals surface area contributed by atoms with E-state index < -0.39 is 0 Å². The molecule has 0 bridgehead atoms. The molecule has 168 valence electrons. The number of oxazole rings is 1. The van der Waals surface area contributed by atoms with E-state index in [1.54, 1.807) is 18.2 Å². The molecule has 0 radical (unpaired) electrons. The molecule has 0 unspecified atom stereocenters. The zero-order valence-electron chi connectivity index (χ0n) is 18.4. The second kappa shape index (κ2) is 9.69. The Morgan fingerprint density at radius 2 is 1.97 bits per heavy atom. The van der Waals surface area contributed by atoms with Crippen LogP contribution in [0.5, 0.6) is 5.75 Å². The van der Waals surface area contributed by atoms with Gasteiger partial charge in [-0.3, -0.25) is 4.79 Å². The first kappa shape index (κ1) is 22.9. The number of carbonyl (C=O) groups is 1. The molecule has 0 fully saturated rings. The number of ether oxygens (including phenoxy) is 1. The molecule has 1 heterocycles. The lowest BCUT2D eigenvalue weighted by Crippen LogP contribution is -2.09. The molecule has 0 aliphatic rings. The third kappa shape index (κ3) is 5.05. The van der Waals surface area contributed by atoms with Gasteiger partial charge >= 0.3 is 0 Å². The molecule has 1 amide bonds. The monoisotopic (exact) mass is 480 g/mol. The number of methoxy groups -OCH3 is 1. The van der Waals surface area contributed by atoms with Crippen LogP contribution in [0.1, 0.15) is 23.6 Å². The SMILES string of the molecule is CCc1ccc2oc(-c3ccc(C)c(NC(=O)/C=C/c4cc(Cl)cc(Cl)c4OC)c3)nc2c1. The first-order valence-electron chi connectivity index (χ1n) is 10.4. The lowest BCUT2D eigenvalue weighted by Gasteiger charge is -2.09. The molecule has 1 N–H and O–H groups in total. The number of aryl methyl sites for hydroxylation is 2. The average Bonchev–Trinajstić information content (AvgIpc) is 3.22. The maximum Gasteiger partial charge on any atom is 0.248 e. The van der Waals surface area contributed by atoms with E-state index in [1.165, 1.54) is 18.7 Å². The average molecular weight is 481 g/mol. The van der Waals surface area contributed by atoms with Crippen LogP contribution < -0.4 is 10.1 Å². The summed E-state index contributed by atoms with van der Waals surface area (Å²) in [5.74, 6) is 0.645. The zero-order valence-corrected chi connectivity index (χ0v) is 19.9. The third-order valence-corrected chi connectivity index (χ3v) is 5.76. The van der Waals surface area contributed by atoms with E-state index in [4.69, 9.17) is 32.4 Å². The lowest BCUT2D eigenvalue weighted by molar-refractivity contribution is -0.111. The summed E-state index contributed by atoms with van der Waals surface area (Å²) in [7, 11) is 1.51. The highest BCUT2D eigenvalue weighted by Gasteiger charge is 2.12. The summed E-state index contributed by atoms with van der Waals surface area (Å²) >= 11 is 12.2. The Labute approximate surface area is 202 Å². The van der Waals surface area contributed by atoms with Crippen LogP contribution in [0.2, 0.25) is 10.0 Å². The molecule has 0 saturated carbocycles. The van der Waals surface area contributed by atoms with Crippen molar-refractivity contribution in [2.75, 3.05) is 12.4 Å². The summed E-state index contributed by atoms with van der Waals surface area (Å²) < 4.78 is 11.2. The summed E-state index contributed by atoms with van der Waals surface area (Å²) in [5.41, 5.74) is 5.69. The lowest BCUT2D eigenvalue weighted by atomic mass is 10.1. The maximum atomic E-state index is 12.6. The Balaban J connectivity index is 1.58. The van der Waals surface area contributed by atoms with Crippen molar-refractivity contribution < 1.29 is 13.9 Å². The number of hydrogen-bond donors (Lipinski definition) is 1. The Kier molecular flexibility index (Phi) is 6.72. The number of hydrogen-bond acceptors (Lipinski definition) is 4. The third-order valence-electron chi connectivity index (χ3n) is 5.26. The number of nitrogens with one attached hydrogen (secondary N) is 1. The molecule has 33 heavy (non-hydrogen) atoms. The fourth-order valence-electron chi connectivity index (χ4n) is 3.47. The predicted molar refractivity (Wildman–Crippen MR) is 134 cm³/mol. The summed E-state index contributed by atoms with van der Waals surface area (Å²) in [6, 6.07) is 15.0. The Bertz CT molecular complexity index is 1380. The van der Waals surface area contributed by atoms with Crippen molar-refractivity contribution in [1.82, 2.24) is 4.98 Å². The van der Waals surface area contributed by atoms with Crippen LogP contribution in [0.4, 0.5) is 5.69 Å². The number of benzene rings is 3. The number of rotatable bonds is 6. The van der Waals surface area contributed by atoms with Gasteiger partial charge in [0.25, 0.3) is 0 Å². The van der Waals surface area contributed by atoms with Crippen molar-refractivity contribution >= 4 is 52.0 Å². The van der Waals surface area contributed by atoms with E-state index in [9.17, 15) is 4.79 Å². The first-order chi connectivity index (χ1) is 15.9. The molecule has 5 nitrogen and oxygen atoms in total. The van der Waals surface area contributed by atoms with Crippen molar-refractivity contribution in [2.24, 2.45) is 0 Å². The molecule has 4 rings (SSSR count). The van der Waals surface area contributed by atoms with Crippen molar-refractivity contribution in [3.05, 3.63) is 81.3 Å². The van der Waals surface area contributed by atoms with Gasteiger partial charge in [-0.1, -0.05) is 42.3 Å². The molecular formula is C26H22Cl2N2O3. The molecular weight excluding hydrogens is 459 g/mol. The molecule has 0 aliphatic carbocycles. The van der Waals surface area contributed by atoms with Gasteiger partial charge in [0.1, 0.15) is 11.3 Å². The number of anilines is 1. The van der Waals surface area contributed by atoms with Crippen LogP contribution in [-0.4, -0.2) is 18.0 Å². The summed E-state index contributed by atoms with van der Waals surface area (Å²) in [4.78, 5) is 17.2. The first-order valence-corrected chi connectivity index (χ1v) is 11.2. The van der Waals surface area contributed by atoms with Gasteiger partial charge in [0.05, 0.1) is 12.1 Å². The fraction of sp³-hybridized carbons (Fsp3) is 0.154. The van der Waals surface area contributed by atoms with E-state index >= 15 is 0 Å². The molecule has 4 aromatic rings. The molecule has 0 atom stereocenters. The van der Waals surface area contributed by atoms with Crippen LogP contribution in [0.3, 0.4) is 0 Å². The fourth-order valence-corrected chi connectivity index (χ4v) is 4.05. The van der Waals surface area contributed by atoms with E-state index in [1.807, 2.05) is 43.3 Å². The van der Waals surface area contributed by atoms with Crippen molar-refractivity contribution in [2.45, 2.75) is 20.3 Å². The van der Waals surface area contributed by atoms with E-state index in [0.29, 0.717) is 32.9 Å². The minimum Gasteiger partial charge on any atom is -0.495 e. The van der Waals surface area contributed by atoms with Gasteiger partial charge in [-0.2, -0.15) is 0 Å². The minimum absolute atomic E-state index is 0.307. The number of nitrogens with zero attached hydrogens (tertiary/aromatic N) is 1. The quantitative estimate of drug-likeness (QED) is 0.293. The van der Waals surface area contributed by atoms with Gasteiger partial charge in [-0.15, -0.1) is 0 Å². The van der Waals surface area contributed by atoms with Gasteiger partial charge < -0.3 is 14.5 Å². The van der Waals surface area contributed by atoms with Gasteiger partial charge in [-0.05, 0) is 66.9 Å². The highest BCUT2D eigenvalue weighted by atomic mass is 35.5. The molecule has 0 aliphatic heterocycles. The largest absolute Gasteiger partial charge is 0.495 e. The number of amides is 1. The normalized spacial score (nSPS) is 11.3. The molecule has 0 saturated heterocycles. The number of aromatic nitrogens is 1. The van der Waals surface area contributed by atoms with Crippen LogP contribution in [0.15, 0.2) is 59.0 Å². The standard InChI is InChI=1S/C26H22Cl2N2O3/c1-4-16-6-9-23-22(11-16)30-26(33-23)18-7-5-15(2)21(13-18)29-24(31)10-8-17-12-19(27)14-20(28)25(17)32-3/h5-14H,4H2,1-3H3,(H,29,31)/b10-8+. The number of carbonyl (C=O) groups excluding carboxylic acids is 1. The minimum atomic E-state index is -0.307. The molecule has 1 aromatic heterocycles. The van der Waals surface area contributed by atoms with E-state index in [-0.39, 0.29) is 5.91 Å². The van der Waals surface area contributed by atoms with Gasteiger partial charge in [0, 0.05) is 27.9 Å². The summed E-state index contributed by atoms with van der Waals surface area (Å²) in [6.07, 6.45) is 3.94. The van der Waals surface area contributed by atoms with Gasteiger partial charge in [0.2, 0.25) is 11.8 Å². The highest BCUT2D eigenvalue weighted by Crippen LogP contribution is 2.33. The zero-order chi connectivity index (χ0) is 23.5. The van der Waals surface area contributed by atoms with Crippen LogP contribution in [0, 0.1) is 6.92 Å². The smallest absolute Gasteiger partial charge is 0.248 e. The van der Waals surface area contributed by atoms with Gasteiger partial charge in [0.15, 0.2) is 5.58 Å².